The second-order valence-corrected chi connectivity index (χ2v) is 7.70. The van der Waals surface area contributed by atoms with Gasteiger partial charge in [0.1, 0.15) is 5.75 Å². The fourth-order valence-corrected chi connectivity index (χ4v) is 3.27. The molecule has 0 aliphatic rings. The molecule has 3 rings (SSSR count). The van der Waals surface area contributed by atoms with Crippen molar-refractivity contribution < 1.29 is 22.7 Å². The Labute approximate surface area is 195 Å². The largest absolute Gasteiger partial charge is 0.497 e. The van der Waals surface area contributed by atoms with Gasteiger partial charge in [0.2, 0.25) is 11.1 Å². The molecular formula is C19H17ClF3N7O2S. The van der Waals surface area contributed by atoms with Crippen LogP contribution in [0.5, 0.6) is 5.75 Å². The maximum absolute atomic E-state index is 12.9. The number of halogens is 4. The SMILES string of the molecule is COc1cccc(/C=N/Nc2nnc(SCC(=O)Nc3cc(C(F)(F)F)ccc3Cl)n2N)c1. The summed E-state index contributed by atoms with van der Waals surface area (Å²) in [5.41, 5.74) is 2.32. The van der Waals surface area contributed by atoms with Crippen molar-refractivity contribution in [3.63, 3.8) is 0 Å². The molecule has 0 saturated heterocycles. The minimum absolute atomic E-state index is 0.0243. The molecule has 0 saturated carbocycles. The van der Waals surface area contributed by atoms with Crippen LogP contribution in [0.2, 0.25) is 5.02 Å². The van der Waals surface area contributed by atoms with Gasteiger partial charge in [-0.3, -0.25) is 4.79 Å². The highest BCUT2D eigenvalue weighted by Crippen LogP contribution is 2.34. The van der Waals surface area contributed by atoms with E-state index in [0.29, 0.717) is 5.75 Å². The molecule has 4 N–H and O–H groups in total. The van der Waals surface area contributed by atoms with Crippen LogP contribution in [0.3, 0.4) is 0 Å². The van der Waals surface area contributed by atoms with Crippen LogP contribution in [0.15, 0.2) is 52.7 Å². The minimum atomic E-state index is -4.56. The fraction of sp³-hybridized carbons (Fsp3) is 0.158. The average Bonchev–Trinajstić information content (AvgIpc) is 3.12. The number of methoxy groups -OCH3 is 1. The number of ether oxygens (including phenoxy) is 1. The van der Waals surface area contributed by atoms with E-state index < -0.39 is 17.6 Å². The number of carbonyl (C=O) groups is 1. The van der Waals surface area contributed by atoms with E-state index in [-0.39, 0.29) is 27.6 Å². The summed E-state index contributed by atoms with van der Waals surface area (Å²) in [7, 11) is 1.55. The molecule has 2 aromatic carbocycles. The van der Waals surface area contributed by atoms with E-state index in [1.165, 1.54) is 6.21 Å². The minimum Gasteiger partial charge on any atom is -0.497 e. The van der Waals surface area contributed by atoms with Crippen molar-refractivity contribution in [3.8, 4) is 5.75 Å². The third-order valence-electron chi connectivity index (χ3n) is 4.04. The molecule has 0 atom stereocenters. The van der Waals surface area contributed by atoms with Crippen LogP contribution in [-0.4, -0.2) is 39.9 Å². The molecule has 0 radical (unpaired) electrons. The van der Waals surface area contributed by atoms with E-state index in [2.05, 4.69) is 26.0 Å². The Balaban J connectivity index is 1.57. The molecule has 174 valence electrons. The molecule has 1 heterocycles. The highest BCUT2D eigenvalue weighted by molar-refractivity contribution is 7.99. The van der Waals surface area contributed by atoms with Crippen LogP contribution < -0.4 is 21.3 Å². The van der Waals surface area contributed by atoms with Gasteiger partial charge in [-0.25, -0.2) is 10.1 Å². The quantitative estimate of drug-likeness (QED) is 0.186. The number of carbonyl (C=O) groups excluding carboxylic acids is 1. The van der Waals surface area contributed by atoms with E-state index in [1.807, 2.05) is 6.07 Å². The fourth-order valence-electron chi connectivity index (χ4n) is 2.45. The summed E-state index contributed by atoms with van der Waals surface area (Å²) in [6.45, 7) is 0. The molecular weight excluding hydrogens is 483 g/mol. The van der Waals surface area contributed by atoms with Gasteiger partial charge < -0.3 is 15.9 Å². The number of nitrogens with zero attached hydrogens (tertiary/aromatic N) is 4. The number of aromatic nitrogens is 3. The number of anilines is 2. The molecule has 1 aromatic heterocycles. The Hall–Kier alpha value is -3.45. The molecule has 0 fully saturated rings. The maximum Gasteiger partial charge on any atom is 0.416 e. The zero-order valence-electron chi connectivity index (χ0n) is 16.9. The molecule has 33 heavy (non-hydrogen) atoms. The average molecular weight is 500 g/mol. The molecule has 1 amide bonds. The lowest BCUT2D eigenvalue weighted by atomic mass is 10.2. The number of alkyl halides is 3. The van der Waals surface area contributed by atoms with Gasteiger partial charge in [-0.15, -0.1) is 10.2 Å². The summed E-state index contributed by atoms with van der Waals surface area (Å²) in [4.78, 5) is 12.2. The van der Waals surface area contributed by atoms with Gasteiger partial charge in [0.05, 0.1) is 35.4 Å². The van der Waals surface area contributed by atoms with Crippen molar-refractivity contribution >= 4 is 47.1 Å². The first-order chi connectivity index (χ1) is 15.7. The molecule has 0 bridgehead atoms. The first-order valence-corrected chi connectivity index (χ1v) is 10.5. The van der Waals surface area contributed by atoms with Crippen LogP contribution in [0.25, 0.3) is 0 Å². The smallest absolute Gasteiger partial charge is 0.416 e. The second kappa shape index (κ2) is 10.4. The van der Waals surface area contributed by atoms with Gasteiger partial charge in [0.15, 0.2) is 0 Å². The van der Waals surface area contributed by atoms with Gasteiger partial charge in [-0.1, -0.05) is 35.5 Å². The molecule has 14 heteroatoms. The number of amides is 1. The molecule has 3 aromatic rings. The first-order valence-electron chi connectivity index (χ1n) is 9.10. The molecule has 0 aliphatic carbocycles. The van der Waals surface area contributed by atoms with E-state index in [4.69, 9.17) is 22.2 Å². The molecule has 0 unspecified atom stereocenters. The normalized spacial score (nSPS) is 11.5. The predicted molar refractivity (Wildman–Crippen MR) is 120 cm³/mol. The van der Waals surface area contributed by atoms with Crippen molar-refractivity contribution in [2.45, 2.75) is 11.3 Å². The monoisotopic (exact) mass is 499 g/mol. The first kappa shape index (κ1) is 24.2. The third-order valence-corrected chi connectivity index (χ3v) is 5.31. The second-order valence-electron chi connectivity index (χ2n) is 6.35. The Morgan fingerprint density at radius 3 is 2.82 bits per heavy atom. The lowest BCUT2D eigenvalue weighted by molar-refractivity contribution is -0.137. The Morgan fingerprint density at radius 2 is 2.09 bits per heavy atom. The molecule has 0 spiro atoms. The van der Waals surface area contributed by atoms with Crippen LogP contribution in [0, 0.1) is 0 Å². The van der Waals surface area contributed by atoms with Crippen LogP contribution in [0.1, 0.15) is 11.1 Å². The van der Waals surface area contributed by atoms with Crippen molar-refractivity contribution in [1.82, 2.24) is 14.9 Å². The Bertz CT molecular complexity index is 1170. The summed E-state index contributed by atoms with van der Waals surface area (Å²) in [6, 6.07) is 9.84. The summed E-state index contributed by atoms with van der Waals surface area (Å²) < 4.78 is 44.8. The van der Waals surface area contributed by atoms with Gasteiger partial charge in [0, 0.05) is 0 Å². The van der Waals surface area contributed by atoms with Crippen LogP contribution in [0.4, 0.5) is 24.8 Å². The number of benzene rings is 2. The van der Waals surface area contributed by atoms with Gasteiger partial charge in [-0.2, -0.15) is 18.3 Å². The van der Waals surface area contributed by atoms with Gasteiger partial charge in [0.25, 0.3) is 5.95 Å². The standard InChI is InChI=1S/C19H17ClF3N7O2S/c1-32-13-4-2-3-11(7-13)9-25-27-17-28-29-18(30(17)24)33-10-16(31)26-15-8-12(19(21,22)23)5-6-14(15)20/h2-9H,10,24H2,1H3,(H,26,31)(H,27,28)/b25-9+. The summed E-state index contributed by atoms with van der Waals surface area (Å²) >= 11 is 6.81. The lowest BCUT2D eigenvalue weighted by Crippen LogP contribution is -2.17. The van der Waals surface area contributed by atoms with Crippen LogP contribution in [-0.2, 0) is 11.0 Å². The Kier molecular flexibility index (Phi) is 7.66. The van der Waals surface area contributed by atoms with E-state index >= 15 is 0 Å². The summed E-state index contributed by atoms with van der Waals surface area (Å²) in [5.74, 6) is 5.87. The Morgan fingerprint density at radius 1 is 1.30 bits per heavy atom. The van der Waals surface area contributed by atoms with Crippen molar-refractivity contribution in [2.24, 2.45) is 5.10 Å². The highest BCUT2D eigenvalue weighted by Gasteiger charge is 2.31. The number of nitrogen functional groups attached to an aromatic ring is 1. The zero-order chi connectivity index (χ0) is 24.0. The van der Waals surface area contributed by atoms with Gasteiger partial charge in [-0.05, 0) is 35.9 Å². The third kappa shape index (κ3) is 6.52. The number of nitrogens with one attached hydrogen (secondary N) is 2. The maximum atomic E-state index is 12.9. The van der Waals surface area contributed by atoms with Crippen molar-refractivity contribution in [2.75, 3.05) is 29.4 Å². The number of rotatable bonds is 8. The van der Waals surface area contributed by atoms with Crippen LogP contribution >= 0.6 is 23.4 Å². The van der Waals surface area contributed by atoms with Crippen molar-refractivity contribution in [3.05, 3.63) is 58.6 Å². The lowest BCUT2D eigenvalue weighted by Gasteiger charge is -2.11. The number of hydrogen-bond donors (Lipinski definition) is 3. The number of hydrazone groups is 1. The number of hydrogen-bond acceptors (Lipinski definition) is 8. The van der Waals surface area contributed by atoms with Gasteiger partial charge >= 0.3 is 6.18 Å². The number of nitrogens with two attached hydrogens (primary N) is 1. The number of thioether (sulfide) groups is 1. The zero-order valence-corrected chi connectivity index (χ0v) is 18.5. The van der Waals surface area contributed by atoms with E-state index in [9.17, 15) is 18.0 Å². The predicted octanol–water partition coefficient (Wildman–Crippen LogP) is 3.85. The summed E-state index contributed by atoms with van der Waals surface area (Å²) in [5, 5.41) is 14.2. The van der Waals surface area contributed by atoms with Crippen molar-refractivity contribution in [1.29, 1.82) is 0 Å². The van der Waals surface area contributed by atoms with E-state index in [1.54, 1.807) is 25.3 Å². The highest BCUT2D eigenvalue weighted by atomic mass is 35.5. The molecule has 0 aliphatic heterocycles. The summed E-state index contributed by atoms with van der Waals surface area (Å²) in [6.07, 6.45) is -3.04. The molecule has 9 nitrogen and oxygen atoms in total. The van der Waals surface area contributed by atoms with E-state index in [0.717, 1.165) is 40.2 Å². The topological polar surface area (TPSA) is 119 Å².